The van der Waals surface area contributed by atoms with Crippen LogP contribution in [0.3, 0.4) is 0 Å². The van der Waals surface area contributed by atoms with Crippen LogP contribution in [0.1, 0.15) is 28.9 Å². The first kappa shape index (κ1) is 21.3. The standard InChI is InChI=1S/C21H22O10/c1-8-15(25)17(27)18(28)21(29-8)31-20-16(26)14-12(24)6-11(23)7-13(14)30-19(20)9-2-4-10(22)5-3-9/h2-8,15,17-25,27-28H,1H3/t8-,15-,17+,18+,19?,20?,21-/m0/s1. The largest absolute Gasteiger partial charge is 0.508 e. The molecule has 2 unspecified atom stereocenters. The van der Waals surface area contributed by atoms with E-state index in [1.807, 2.05) is 0 Å². The van der Waals surface area contributed by atoms with Gasteiger partial charge in [0.1, 0.15) is 46.9 Å². The molecule has 31 heavy (non-hydrogen) atoms. The van der Waals surface area contributed by atoms with Gasteiger partial charge in [-0.2, -0.15) is 0 Å². The molecule has 2 aliphatic rings. The van der Waals surface area contributed by atoms with Crippen LogP contribution in [-0.2, 0) is 9.47 Å². The number of carbonyl (C=O) groups excluding carboxylic acids is 1. The summed E-state index contributed by atoms with van der Waals surface area (Å²) in [5.74, 6) is -1.64. The van der Waals surface area contributed by atoms with Crippen LogP contribution in [0.2, 0.25) is 0 Å². The Kier molecular flexibility index (Phi) is 5.50. The van der Waals surface area contributed by atoms with Crippen molar-refractivity contribution in [1.29, 1.82) is 0 Å². The summed E-state index contributed by atoms with van der Waals surface area (Å²) in [4.78, 5) is 13.3. The number of hydrogen-bond donors (Lipinski definition) is 6. The van der Waals surface area contributed by atoms with Crippen molar-refractivity contribution in [3.8, 4) is 23.0 Å². The van der Waals surface area contributed by atoms with Gasteiger partial charge in [0.05, 0.1) is 6.10 Å². The topological polar surface area (TPSA) is 166 Å². The number of carbonyl (C=O) groups is 1. The van der Waals surface area contributed by atoms with Crippen LogP contribution in [-0.4, -0.2) is 73.2 Å². The highest BCUT2D eigenvalue weighted by Gasteiger charge is 2.48. The summed E-state index contributed by atoms with van der Waals surface area (Å²) < 4.78 is 17.0. The SMILES string of the molecule is C[C@@H]1O[C@@H](OC2C(=O)c3c(O)cc(O)cc3OC2c2ccc(O)cc2)[C@H](O)[C@H](O)[C@H]1O. The summed E-state index contributed by atoms with van der Waals surface area (Å²) in [7, 11) is 0. The van der Waals surface area contributed by atoms with Gasteiger partial charge >= 0.3 is 0 Å². The van der Waals surface area contributed by atoms with E-state index in [-0.39, 0.29) is 22.8 Å². The van der Waals surface area contributed by atoms with E-state index in [0.29, 0.717) is 5.56 Å². The second-order valence-electron chi connectivity index (χ2n) is 7.57. The van der Waals surface area contributed by atoms with Crippen LogP contribution in [0.4, 0.5) is 0 Å². The van der Waals surface area contributed by atoms with Crippen LogP contribution >= 0.6 is 0 Å². The van der Waals surface area contributed by atoms with Gasteiger partial charge in [-0.1, -0.05) is 12.1 Å². The minimum atomic E-state index is -1.66. The van der Waals surface area contributed by atoms with Crippen molar-refractivity contribution in [2.24, 2.45) is 0 Å². The number of fused-ring (bicyclic) bond motifs is 1. The van der Waals surface area contributed by atoms with Crippen molar-refractivity contribution in [1.82, 2.24) is 0 Å². The molecule has 0 spiro atoms. The quantitative estimate of drug-likeness (QED) is 0.396. The molecule has 0 aliphatic carbocycles. The van der Waals surface area contributed by atoms with Crippen LogP contribution in [0.25, 0.3) is 0 Å². The van der Waals surface area contributed by atoms with Crippen LogP contribution in [0.5, 0.6) is 23.0 Å². The molecular formula is C21H22O10. The average molecular weight is 434 g/mol. The van der Waals surface area contributed by atoms with Gasteiger partial charge in [-0.3, -0.25) is 4.79 Å². The Morgan fingerprint density at radius 1 is 0.903 bits per heavy atom. The average Bonchev–Trinajstić information content (AvgIpc) is 2.72. The van der Waals surface area contributed by atoms with E-state index in [1.54, 1.807) is 0 Å². The summed E-state index contributed by atoms with van der Waals surface area (Å²) in [5, 5.41) is 59.8. The lowest BCUT2D eigenvalue weighted by atomic mass is 9.92. The first-order valence-corrected chi connectivity index (χ1v) is 9.58. The van der Waals surface area contributed by atoms with Crippen molar-refractivity contribution in [3.05, 3.63) is 47.5 Å². The number of phenols is 3. The lowest BCUT2D eigenvalue weighted by Crippen LogP contribution is -2.59. The summed E-state index contributed by atoms with van der Waals surface area (Å²) in [6.45, 7) is 1.47. The van der Waals surface area contributed by atoms with Gasteiger partial charge in [-0.15, -0.1) is 0 Å². The fourth-order valence-electron chi connectivity index (χ4n) is 3.72. The number of ether oxygens (including phenoxy) is 3. The zero-order chi connectivity index (χ0) is 22.4. The molecule has 166 valence electrons. The van der Waals surface area contributed by atoms with E-state index >= 15 is 0 Å². The Balaban J connectivity index is 1.73. The van der Waals surface area contributed by atoms with Crippen molar-refractivity contribution in [2.45, 2.75) is 49.8 Å². The minimum absolute atomic E-state index is 0.0176. The van der Waals surface area contributed by atoms with E-state index < -0.39 is 54.4 Å². The number of rotatable bonds is 3. The van der Waals surface area contributed by atoms with Gasteiger partial charge in [-0.05, 0) is 24.6 Å². The van der Waals surface area contributed by atoms with E-state index in [1.165, 1.54) is 37.3 Å². The van der Waals surface area contributed by atoms with Crippen LogP contribution < -0.4 is 4.74 Å². The number of aromatic hydroxyl groups is 3. The van der Waals surface area contributed by atoms with Gasteiger partial charge in [0, 0.05) is 12.1 Å². The summed E-state index contributed by atoms with van der Waals surface area (Å²) in [6.07, 6.45) is -9.49. The van der Waals surface area contributed by atoms with Crippen molar-refractivity contribution >= 4 is 5.78 Å². The Morgan fingerprint density at radius 3 is 2.26 bits per heavy atom. The number of phenolic OH excluding ortho intramolecular Hbond substituents is 3. The number of ketones is 1. The molecule has 2 aromatic carbocycles. The summed E-state index contributed by atoms with van der Waals surface area (Å²) >= 11 is 0. The molecule has 1 saturated heterocycles. The molecule has 0 bridgehead atoms. The molecule has 10 heteroatoms. The maximum Gasteiger partial charge on any atom is 0.203 e. The normalized spacial score (nSPS) is 32.9. The van der Waals surface area contributed by atoms with Crippen molar-refractivity contribution in [2.75, 3.05) is 0 Å². The molecule has 0 saturated carbocycles. The molecular weight excluding hydrogens is 412 g/mol. The molecule has 4 rings (SSSR count). The van der Waals surface area contributed by atoms with E-state index in [9.17, 15) is 35.4 Å². The van der Waals surface area contributed by atoms with Crippen LogP contribution in [0, 0.1) is 0 Å². The molecule has 2 heterocycles. The monoisotopic (exact) mass is 434 g/mol. The second-order valence-corrected chi connectivity index (χ2v) is 7.57. The molecule has 0 radical (unpaired) electrons. The molecule has 6 N–H and O–H groups in total. The predicted octanol–water partition coefficient (Wildman–Crippen LogP) is 0.332. The zero-order valence-electron chi connectivity index (χ0n) is 16.3. The van der Waals surface area contributed by atoms with E-state index in [4.69, 9.17) is 14.2 Å². The van der Waals surface area contributed by atoms with Gasteiger partial charge in [0.2, 0.25) is 5.78 Å². The Bertz CT molecular complexity index is 975. The summed E-state index contributed by atoms with van der Waals surface area (Å²) in [5.41, 5.74) is 0.195. The van der Waals surface area contributed by atoms with E-state index in [0.717, 1.165) is 6.07 Å². The second kappa shape index (κ2) is 7.98. The highest BCUT2D eigenvalue weighted by atomic mass is 16.7. The van der Waals surface area contributed by atoms with Gasteiger partial charge in [0.25, 0.3) is 0 Å². The molecule has 0 aromatic heterocycles. The van der Waals surface area contributed by atoms with Gasteiger partial charge in [0.15, 0.2) is 18.5 Å². The number of Topliss-reactive ketones (excluding diaryl/α,β-unsaturated/α-hetero) is 1. The predicted molar refractivity (Wildman–Crippen MR) is 103 cm³/mol. The zero-order valence-corrected chi connectivity index (χ0v) is 16.3. The fraction of sp³-hybridized carbons (Fsp3) is 0.381. The lowest BCUT2D eigenvalue weighted by Gasteiger charge is -2.42. The first-order valence-electron chi connectivity index (χ1n) is 9.58. The van der Waals surface area contributed by atoms with Gasteiger partial charge < -0.3 is 44.8 Å². The third-order valence-electron chi connectivity index (χ3n) is 5.41. The maximum absolute atomic E-state index is 13.3. The smallest absolute Gasteiger partial charge is 0.203 e. The maximum atomic E-state index is 13.3. The first-order chi connectivity index (χ1) is 14.7. The Labute approximate surface area is 176 Å². The number of benzene rings is 2. The minimum Gasteiger partial charge on any atom is -0.508 e. The molecule has 10 nitrogen and oxygen atoms in total. The lowest BCUT2D eigenvalue weighted by molar-refractivity contribution is -0.304. The highest BCUT2D eigenvalue weighted by Crippen LogP contribution is 2.43. The molecule has 7 atom stereocenters. The molecule has 2 aromatic rings. The Hall–Kier alpha value is -2.89. The fourth-order valence-corrected chi connectivity index (χ4v) is 3.72. The number of aliphatic hydroxyl groups is 3. The van der Waals surface area contributed by atoms with Crippen molar-refractivity contribution < 1.29 is 49.6 Å². The Morgan fingerprint density at radius 2 is 1.58 bits per heavy atom. The third-order valence-corrected chi connectivity index (χ3v) is 5.41. The molecule has 1 fully saturated rings. The highest BCUT2D eigenvalue weighted by molar-refractivity contribution is 6.05. The number of hydrogen-bond acceptors (Lipinski definition) is 10. The van der Waals surface area contributed by atoms with Crippen molar-refractivity contribution in [3.63, 3.8) is 0 Å². The van der Waals surface area contributed by atoms with Gasteiger partial charge in [-0.25, -0.2) is 0 Å². The molecule has 0 amide bonds. The summed E-state index contributed by atoms with van der Waals surface area (Å²) in [6, 6.07) is 7.90. The number of aliphatic hydroxyl groups excluding tert-OH is 3. The van der Waals surface area contributed by atoms with Crippen LogP contribution in [0.15, 0.2) is 36.4 Å². The molecule has 2 aliphatic heterocycles. The van der Waals surface area contributed by atoms with E-state index in [2.05, 4.69) is 0 Å². The third kappa shape index (κ3) is 3.80.